The van der Waals surface area contributed by atoms with Crippen LogP contribution in [0.15, 0.2) is 152 Å². The maximum atomic E-state index is 5.46. The maximum Gasteiger partial charge on any atom is 0.162 e. The van der Waals surface area contributed by atoms with Gasteiger partial charge in [0.1, 0.15) is 0 Å². The van der Waals surface area contributed by atoms with E-state index in [0.29, 0.717) is 5.82 Å². The standard InChI is InChI=1S/C45H31N3S/c1-45(2)34-20-8-4-17-31(34)43-32(19-13-21-35(43)45)36-27-37(42-26-28-14-3-12-25-41(28)49-42)47-44(46-36)33-18-7-11-24-40(33)48-38-22-9-5-15-29(38)30-16-6-10-23-39(30)48/h3-27H,1-2H3. The number of aromatic nitrogens is 3. The number of hydrogen-bond acceptors (Lipinski definition) is 3. The Hall–Kier alpha value is -5.84. The van der Waals surface area contributed by atoms with Gasteiger partial charge in [-0.05, 0) is 70.1 Å². The molecule has 1 aliphatic carbocycles. The molecule has 10 rings (SSSR count). The van der Waals surface area contributed by atoms with Crippen LogP contribution in [0.3, 0.4) is 0 Å². The molecule has 4 heteroatoms. The molecule has 3 aromatic heterocycles. The molecule has 0 bridgehead atoms. The summed E-state index contributed by atoms with van der Waals surface area (Å²) in [5.74, 6) is 0.713. The lowest BCUT2D eigenvalue weighted by atomic mass is 9.82. The second-order valence-corrected chi connectivity index (χ2v) is 14.5. The number of rotatable bonds is 4. The molecule has 0 radical (unpaired) electrons. The Morgan fingerprint density at radius 2 is 1.14 bits per heavy atom. The van der Waals surface area contributed by atoms with Crippen LogP contribution in [0.1, 0.15) is 25.0 Å². The summed E-state index contributed by atoms with van der Waals surface area (Å²) in [6, 6.07) is 54.5. The van der Waals surface area contributed by atoms with Crippen LogP contribution in [0.25, 0.3) is 81.9 Å². The highest BCUT2D eigenvalue weighted by molar-refractivity contribution is 7.22. The molecule has 0 fully saturated rings. The van der Waals surface area contributed by atoms with Crippen molar-refractivity contribution in [2.24, 2.45) is 0 Å². The van der Waals surface area contributed by atoms with E-state index in [1.165, 1.54) is 43.1 Å². The smallest absolute Gasteiger partial charge is 0.162 e. The Bertz CT molecular complexity index is 2680. The zero-order valence-corrected chi connectivity index (χ0v) is 28.0. The van der Waals surface area contributed by atoms with Crippen LogP contribution >= 0.6 is 11.3 Å². The van der Waals surface area contributed by atoms with E-state index in [9.17, 15) is 0 Å². The molecule has 6 aromatic carbocycles. The second-order valence-electron chi connectivity index (χ2n) is 13.4. The van der Waals surface area contributed by atoms with E-state index in [0.717, 1.165) is 44.1 Å². The van der Waals surface area contributed by atoms with E-state index in [1.54, 1.807) is 11.3 Å². The van der Waals surface area contributed by atoms with E-state index >= 15 is 0 Å². The Kier molecular flexibility index (Phi) is 6.09. The molecular weight excluding hydrogens is 615 g/mol. The van der Waals surface area contributed by atoms with Crippen molar-refractivity contribution < 1.29 is 0 Å². The molecule has 0 saturated heterocycles. The molecule has 3 heterocycles. The van der Waals surface area contributed by atoms with Crippen molar-refractivity contribution in [2.45, 2.75) is 19.3 Å². The van der Waals surface area contributed by atoms with Gasteiger partial charge < -0.3 is 4.57 Å². The summed E-state index contributed by atoms with van der Waals surface area (Å²) in [6.45, 7) is 4.66. The number of benzene rings is 6. The average Bonchev–Trinajstić information content (AvgIpc) is 3.80. The predicted molar refractivity (Wildman–Crippen MR) is 206 cm³/mol. The molecule has 0 unspecified atom stereocenters. The summed E-state index contributed by atoms with van der Waals surface area (Å²) in [7, 11) is 0. The fourth-order valence-electron chi connectivity index (χ4n) is 7.95. The zero-order chi connectivity index (χ0) is 32.7. The fourth-order valence-corrected chi connectivity index (χ4v) is 8.97. The summed E-state index contributed by atoms with van der Waals surface area (Å²) < 4.78 is 3.62. The average molecular weight is 646 g/mol. The van der Waals surface area contributed by atoms with Gasteiger partial charge in [0.05, 0.1) is 33.0 Å². The van der Waals surface area contributed by atoms with Gasteiger partial charge in [-0.1, -0.05) is 123 Å². The fraction of sp³-hybridized carbons (Fsp3) is 0.0667. The number of hydrogen-bond donors (Lipinski definition) is 0. The normalized spacial score (nSPS) is 13.3. The Morgan fingerprint density at radius 3 is 1.94 bits per heavy atom. The highest BCUT2D eigenvalue weighted by Gasteiger charge is 2.37. The highest BCUT2D eigenvalue weighted by atomic mass is 32.1. The molecule has 0 atom stereocenters. The zero-order valence-electron chi connectivity index (χ0n) is 27.2. The third-order valence-corrected chi connectivity index (χ3v) is 11.4. The molecule has 3 nitrogen and oxygen atoms in total. The van der Waals surface area contributed by atoms with Crippen molar-refractivity contribution >= 4 is 43.2 Å². The van der Waals surface area contributed by atoms with Crippen LogP contribution in [-0.2, 0) is 5.41 Å². The van der Waals surface area contributed by atoms with Gasteiger partial charge in [-0.15, -0.1) is 11.3 Å². The van der Waals surface area contributed by atoms with E-state index in [1.807, 2.05) is 0 Å². The first-order chi connectivity index (χ1) is 24.1. The monoisotopic (exact) mass is 645 g/mol. The van der Waals surface area contributed by atoms with Crippen molar-refractivity contribution in [1.29, 1.82) is 0 Å². The molecule has 0 amide bonds. The van der Waals surface area contributed by atoms with Crippen LogP contribution in [0.5, 0.6) is 0 Å². The molecule has 0 aliphatic heterocycles. The van der Waals surface area contributed by atoms with Crippen molar-refractivity contribution in [3.05, 3.63) is 163 Å². The lowest BCUT2D eigenvalue weighted by Gasteiger charge is -2.21. The lowest BCUT2D eigenvalue weighted by molar-refractivity contribution is 0.660. The van der Waals surface area contributed by atoms with Gasteiger partial charge in [-0.25, -0.2) is 9.97 Å². The molecule has 232 valence electrons. The SMILES string of the molecule is CC1(C)c2ccccc2-c2c(-c3cc(-c4cc5ccccc5s4)nc(-c4ccccc4-n4c5ccccc5c5ccccc54)n3)cccc21. The Morgan fingerprint density at radius 1 is 0.531 bits per heavy atom. The van der Waals surface area contributed by atoms with Crippen LogP contribution < -0.4 is 0 Å². The third-order valence-electron chi connectivity index (χ3n) is 10.3. The highest BCUT2D eigenvalue weighted by Crippen LogP contribution is 2.52. The topological polar surface area (TPSA) is 30.7 Å². The number of fused-ring (bicyclic) bond motifs is 7. The van der Waals surface area contributed by atoms with Crippen LogP contribution in [0, 0.1) is 0 Å². The molecule has 1 aliphatic rings. The Balaban J connectivity index is 1.26. The minimum Gasteiger partial charge on any atom is -0.309 e. The molecular formula is C45H31N3S. The molecule has 0 saturated carbocycles. The van der Waals surface area contributed by atoms with Crippen LogP contribution in [-0.4, -0.2) is 14.5 Å². The van der Waals surface area contributed by atoms with Gasteiger partial charge >= 0.3 is 0 Å². The number of nitrogens with zero attached hydrogens (tertiary/aromatic N) is 3. The summed E-state index contributed by atoms with van der Waals surface area (Å²) >= 11 is 1.78. The number of para-hydroxylation sites is 3. The van der Waals surface area contributed by atoms with E-state index in [-0.39, 0.29) is 5.41 Å². The quantitative estimate of drug-likeness (QED) is 0.191. The first-order valence-electron chi connectivity index (χ1n) is 16.8. The number of thiophene rings is 1. The molecule has 0 spiro atoms. The predicted octanol–water partition coefficient (Wildman–Crippen LogP) is 12.1. The summed E-state index contributed by atoms with van der Waals surface area (Å²) in [4.78, 5) is 12.0. The molecule has 0 N–H and O–H groups in total. The minimum absolute atomic E-state index is 0.102. The summed E-state index contributed by atoms with van der Waals surface area (Å²) in [5.41, 5.74) is 12.5. The van der Waals surface area contributed by atoms with Crippen molar-refractivity contribution in [2.75, 3.05) is 0 Å². The van der Waals surface area contributed by atoms with Crippen molar-refractivity contribution in [3.63, 3.8) is 0 Å². The van der Waals surface area contributed by atoms with E-state index in [4.69, 9.17) is 9.97 Å². The largest absolute Gasteiger partial charge is 0.309 e. The van der Waals surface area contributed by atoms with Crippen molar-refractivity contribution in [1.82, 2.24) is 14.5 Å². The lowest BCUT2D eigenvalue weighted by Crippen LogP contribution is -2.14. The second kappa shape index (κ2) is 10.6. The van der Waals surface area contributed by atoms with Crippen LogP contribution in [0.2, 0.25) is 0 Å². The van der Waals surface area contributed by atoms with Gasteiger partial charge in [0.25, 0.3) is 0 Å². The first kappa shape index (κ1) is 28.2. The summed E-state index contributed by atoms with van der Waals surface area (Å²) in [6.07, 6.45) is 0. The minimum atomic E-state index is -0.102. The summed E-state index contributed by atoms with van der Waals surface area (Å²) in [5, 5.41) is 3.69. The van der Waals surface area contributed by atoms with Gasteiger partial charge in [0.15, 0.2) is 5.82 Å². The van der Waals surface area contributed by atoms with Gasteiger partial charge in [-0.3, -0.25) is 0 Å². The maximum absolute atomic E-state index is 5.46. The third kappa shape index (κ3) is 4.21. The first-order valence-corrected chi connectivity index (χ1v) is 17.6. The van der Waals surface area contributed by atoms with Gasteiger partial charge in [0.2, 0.25) is 0 Å². The van der Waals surface area contributed by atoms with E-state index in [2.05, 4.69) is 170 Å². The van der Waals surface area contributed by atoms with Gasteiger partial charge in [0, 0.05) is 32.0 Å². The van der Waals surface area contributed by atoms with Gasteiger partial charge in [-0.2, -0.15) is 0 Å². The Labute approximate surface area is 288 Å². The van der Waals surface area contributed by atoms with E-state index < -0.39 is 0 Å². The van der Waals surface area contributed by atoms with Crippen molar-refractivity contribution in [3.8, 4) is 50.0 Å². The molecule has 49 heavy (non-hydrogen) atoms. The molecule has 9 aromatic rings. The van der Waals surface area contributed by atoms with Crippen LogP contribution in [0.4, 0.5) is 0 Å².